The molecule has 0 radical (unpaired) electrons. The van der Waals surface area contributed by atoms with Crippen molar-refractivity contribution in [2.75, 3.05) is 5.32 Å². The van der Waals surface area contributed by atoms with E-state index in [4.69, 9.17) is 11.6 Å². The number of amides is 1. The maximum atomic E-state index is 11.8. The van der Waals surface area contributed by atoms with E-state index in [9.17, 15) is 4.79 Å². The molecule has 2 rings (SSSR count). The number of carbonyl (C=O) groups excluding carboxylic acids is 1. The van der Waals surface area contributed by atoms with Crippen LogP contribution in [0.4, 0.5) is 5.69 Å². The Labute approximate surface area is 103 Å². The summed E-state index contributed by atoms with van der Waals surface area (Å²) in [7, 11) is 0. The lowest BCUT2D eigenvalue weighted by molar-refractivity contribution is 0.102. The third-order valence-corrected chi connectivity index (χ3v) is 2.22. The van der Waals surface area contributed by atoms with Crippen molar-refractivity contribution in [3.63, 3.8) is 0 Å². The van der Waals surface area contributed by atoms with Crippen LogP contribution in [0.25, 0.3) is 0 Å². The van der Waals surface area contributed by atoms with E-state index in [1.54, 1.807) is 18.3 Å². The summed E-state index contributed by atoms with van der Waals surface area (Å²) >= 11 is 5.58. The highest BCUT2D eigenvalue weighted by Gasteiger charge is 2.08. The third-order valence-electron chi connectivity index (χ3n) is 2.02. The van der Waals surface area contributed by atoms with E-state index in [2.05, 4.69) is 20.5 Å². The molecular weight excluding hydrogens is 240 g/mol. The lowest BCUT2D eigenvalue weighted by Crippen LogP contribution is -2.14. The summed E-state index contributed by atoms with van der Waals surface area (Å²) in [5.41, 5.74) is 1.70. The first kappa shape index (κ1) is 11.5. The van der Waals surface area contributed by atoms with Gasteiger partial charge in [0.2, 0.25) is 0 Å². The maximum absolute atomic E-state index is 11.8. The molecule has 0 aromatic carbocycles. The van der Waals surface area contributed by atoms with Crippen molar-refractivity contribution in [1.82, 2.24) is 15.2 Å². The predicted octanol–water partition coefficient (Wildman–Crippen LogP) is 2.09. The molecule has 0 spiro atoms. The molecule has 0 unspecified atom stereocenters. The molecule has 0 saturated heterocycles. The number of nitrogens with zero attached hydrogens (tertiary/aromatic N) is 3. The van der Waals surface area contributed by atoms with Gasteiger partial charge in [-0.25, -0.2) is 0 Å². The molecule has 0 atom stereocenters. The number of nitrogens with one attached hydrogen (secondary N) is 1. The quantitative estimate of drug-likeness (QED) is 0.884. The van der Waals surface area contributed by atoms with Gasteiger partial charge in [0.15, 0.2) is 10.8 Å². The summed E-state index contributed by atoms with van der Waals surface area (Å²) in [5, 5.41) is 10.2. The van der Waals surface area contributed by atoms with Gasteiger partial charge in [-0.15, -0.1) is 10.2 Å². The molecule has 86 valence electrons. The van der Waals surface area contributed by atoms with E-state index in [0.29, 0.717) is 5.69 Å². The number of anilines is 1. The zero-order valence-corrected chi connectivity index (χ0v) is 9.77. The lowest BCUT2D eigenvalue weighted by atomic mass is 10.3. The molecule has 2 aromatic rings. The molecule has 1 N–H and O–H groups in total. The van der Waals surface area contributed by atoms with Crippen LogP contribution < -0.4 is 5.32 Å². The van der Waals surface area contributed by atoms with Gasteiger partial charge in [0.05, 0.1) is 0 Å². The number of hydrogen-bond acceptors (Lipinski definition) is 4. The fraction of sp³-hybridized carbons (Fsp3) is 0.0909. The summed E-state index contributed by atoms with van der Waals surface area (Å²) in [6, 6.07) is 6.50. The Morgan fingerprint density at radius 2 is 2.12 bits per heavy atom. The smallest absolute Gasteiger partial charge is 0.276 e. The molecule has 2 aromatic heterocycles. The van der Waals surface area contributed by atoms with Crippen molar-refractivity contribution in [1.29, 1.82) is 0 Å². The molecule has 1 amide bonds. The van der Waals surface area contributed by atoms with Crippen molar-refractivity contribution < 1.29 is 4.79 Å². The Morgan fingerprint density at radius 1 is 1.29 bits per heavy atom. The Kier molecular flexibility index (Phi) is 3.30. The minimum absolute atomic E-state index is 0.212. The molecule has 5 nitrogen and oxygen atoms in total. The van der Waals surface area contributed by atoms with E-state index in [0.717, 1.165) is 5.69 Å². The van der Waals surface area contributed by atoms with E-state index < -0.39 is 0 Å². The van der Waals surface area contributed by atoms with Gasteiger partial charge < -0.3 is 5.32 Å². The molecule has 0 aliphatic rings. The molecule has 0 saturated carbocycles. The van der Waals surface area contributed by atoms with Gasteiger partial charge in [0.25, 0.3) is 5.91 Å². The first-order valence-electron chi connectivity index (χ1n) is 4.88. The number of rotatable bonds is 2. The van der Waals surface area contributed by atoms with Crippen LogP contribution in [0.2, 0.25) is 5.15 Å². The number of aryl methyl sites for hydroxylation is 1. The first-order valence-corrected chi connectivity index (χ1v) is 5.26. The summed E-state index contributed by atoms with van der Waals surface area (Å²) in [5.74, 6) is -0.334. The zero-order chi connectivity index (χ0) is 12.3. The third kappa shape index (κ3) is 2.98. The SMILES string of the molecule is Cc1cc(NC(=O)c2ccc(Cl)nn2)ccn1. The molecule has 0 fully saturated rings. The van der Waals surface area contributed by atoms with Crippen LogP contribution in [0, 0.1) is 6.92 Å². The highest BCUT2D eigenvalue weighted by Crippen LogP contribution is 2.09. The largest absolute Gasteiger partial charge is 0.320 e. The Hall–Kier alpha value is -2.01. The van der Waals surface area contributed by atoms with E-state index in [-0.39, 0.29) is 16.8 Å². The zero-order valence-electron chi connectivity index (χ0n) is 9.01. The second kappa shape index (κ2) is 4.88. The first-order chi connectivity index (χ1) is 8.15. The standard InChI is InChI=1S/C11H9ClN4O/c1-7-6-8(4-5-13-7)14-11(17)9-2-3-10(12)16-15-9/h2-6H,1H3,(H,13,14,17). The Bertz CT molecular complexity index is 541. The lowest BCUT2D eigenvalue weighted by Gasteiger charge is -2.04. The molecule has 17 heavy (non-hydrogen) atoms. The number of carbonyl (C=O) groups is 1. The molecule has 0 aliphatic heterocycles. The van der Waals surface area contributed by atoms with Crippen LogP contribution in [-0.2, 0) is 0 Å². The average molecular weight is 249 g/mol. The van der Waals surface area contributed by atoms with Gasteiger partial charge >= 0.3 is 0 Å². The molecule has 0 bridgehead atoms. The van der Waals surface area contributed by atoms with Crippen molar-refractivity contribution in [3.8, 4) is 0 Å². The van der Waals surface area contributed by atoms with E-state index in [1.807, 2.05) is 6.92 Å². The van der Waals surface area contributed by atoms with Crippen LogP contribution in [0.5, 0.6) is 0 Å². The molecule has 2 heterocycles. The second-order valence-corrected chi connectivity index (χ2v) is 3.77. The maximum Gasteiger partial charge on any atom is 0.276 e. The van der Waals surface area contributed by atoms with Gasteiger partial charge in [-0.05, 0) is 31.2 Å². The van der Waals surface area contributed by atoms with Crippen molar-refractivity contribution in [3.05, 3.63) is 47.0 Å². The van der Waals surface area contributed by atoms with Gasteiger partial charge in [-0.1, -0.05) is 11.6 Å². The number of pyridine rings is 1. The number of hydrogen-bond donors (Lipinski definition) is 1. The highest BCUT2D eigenvalue weighted by molar-refractivity contribution is 6.29. The van der Waals surface area contributed by atoms with Crippen molar-refractivity contribution in [2.24, 2.45) is 0 Å². The van der Waals surface area contributed by atoms with Gasteiger partial charge in [0, 0.05) is 17.6 Å². The number of aromatic nitrogens is 3. The monoisotopic (exact) mass is 248 g/mol. The Balaban J connectivity index is 2.14. The van der Waals surface area contributed by atoms with Crippen LogP contribution in [0.15, 0.2) is 30.5 Å². The van der Waals surface area contributed by atoms with E-state index in [1.165, 1.54) is 12.1 Å². The Morgan fingerprint density at radius 3 is 2.76 bits per heavy atom. The summed E-state index contributed by atoms with van der Waals surface area (Å²) < 4.78 is 0. The predicted molar refractivity (Wildman–Crippen MR) is 64.0 cm³/mol. The highest BCUT2D eigenvalue weighted by atomic mass is 35.5. The molecular formula is C11H9ClN4O. The topological polar surface area (TPSA) is 67.8 Å². The van der Waals surface area contributed by atoms with Crippen LogP contribution in [-0.4, -0.2) is 21.1 Å². The van der Waals surface area contributed by atoms with Crippen LogP contribution in [0.3, 0.4) is 0 Å². The number of halogens is 1. The summed E-state index contributed by atoms with van der Waals surface area (Å²) in [4.78, 5) is 15.8. The fourth-order valence-corrected chi connectivity index (χ4v) is 1.36. The fourth-order valence-electron chi connectivity index (χ4n) is 1.26. The minimum Gasteiger partial charge on any atom is -0.320 e. The van der Waals surface area contributed by atoms with Crippen LogP contribution >= 0.6 is 11.6 Å². The van der Waals surface area contributed by atoms with Crippen molar-refractivity contribution >= 4 is 23.2 Å². The average Bonchev–Trinajstić information content (AvgIpc) is 2.29. The molecule has 6 heteroatoms. The second-order valence-electron chi connectivity index (χ2n) is 3.38. The van der Waals surface area contributed by atoms with Crippen LogP contribution in [0.1, 0.15) is 16.2 Å². The van der Waals surface area contributed by atoms with Gasteiger partial charge in [-0.2, -0.15) is 0 Å². The van der Waals surface area contributed by atoms with Gasteiger partial charge in [-0.3, -0.25) is 9.78 Å². The normalized spacial score (nSPS) is 10.0. The van der Waals surface area contributed by atoms with Crippen molar-refractivity contribution in [2.45, 2.75) is 6.92 Å². The van der Waals surface area contributed by atoms with Gasteiger partial charge in [0.1, 0.15) is 0 Å². The van der Waals surface area contributed by atoms with E-state index >= 15 is 0 Å². The molecule has 0 aliphatic carbocycles. The summed E-state index contributed by atoms with van der Waals surface area (Å²) in [6.07, 6.45) is 1.62. The minimum atomic E-state index is -0.334. The summed E-state index contributed by atoms with van der Waals surface area (Å²) in [6.45, 7) is 1.84.